The van der Waals surface area contributed by atoms with Gasteiger partial charge in [-0.05, 0) is 86.3 Å². The molecule has 8 nitrogen and oxygen atoms in total. The second kappa shape index (κ2) is 17.0. The van der Waals surface area contributed by atoms with Gasteiger partial charge >= 0.3 is 0 Å². The molecule has 4 aromatic carbocycles. The third-order valence-electron chi connectivity index (χ3n) is 8.81. The molecule has 1 saturated carbocycles. The van der Waals surface area contributed by atoms with E-state index in [0.717, 1.165) is 57.6 Å². The van der Waals surface area contributed by atoms with Gasteiger partial charge in [0, 0.05) is 23.5 Å². The molecule has 1 atom stereocenters. The van der Waals surface area contributed by atoms with Crippen molar-refractivity contribution in [3.63, 3.8) is 0 Å². The molecular formula is C39H44BrN3O5S. The fraction of sp³-hybridized carbons (Fsp3) is 0.333. The summed E-state index contributed by atoms with van der Waals surface area (Å²) in [7, 11) is -4.21. The van der Waals surface area contributed by atoms with Gasteiger partial charge < -0.3 is 15.0 Å². The van der Waals surface area contributed by atoms with E-state index in [1.165, 1.54) is 12.1 Å². The molecule has 258 valence electrons. The number of anilines is 1. The first kappa shape index (κ1) is 36.1. The average Bonchev–Trinajstić information content (AvgIpc) is 3.11. The van der Waals surface area contributed by atoms with E-state index in [9.17, 15) is 18.0 Å². The fourth-order valence-electron chi connectivity index (χ4n) is 6.13. The maximum absolute atomic E-state index is 14.7. The number of rotatable bonds is 14. The Morgan fingerprint density at radius 2 is 1.51 bits per heavy atom. The summed E-state index contributed by atoms with van der Waals surface area (Å²) in [6.07, 6.45) is 5.31. The van der Waals surface area contributed by atoms with Gasteiger partial charge in [-0.15, -0.1) is 0 Å². The Morgan fingerprint density at radius 3 is 2.14 bits per heavy atom. The van der Waals surface area contributed by atoms with Crippen molar-refractivity contribution in [2.75, 3.05) is 17.5 Å². The molecule has 0 radical (unpaired) electrons. The zero-order valence-electron chi connectivity index (χ0n) is 28.1. The molecule has 0 bridgehead atoms. The van der Waals surface area contributed by atoms with E-state index in [1.54, 1.807) is 41.3 Å². The van der Waals surface area contributed by atoms with Gasteiger partial charge in [-0.2, -0.15) is 0 Å². The SMILES string of the molecule is CCOc1ccc(N(CC(=O)N(Cc2ccc(C)cc2)[C@H](Cc2ccccc2)C(=O)NC2CCCCC2)S(=O)(=O)c2ccc(Br)cc2)cc1. The molecule has 1 aliphatic carbocycles. The molecule has 49 heavy (non-hydrogen) atoms. The lowest BCUT2D eigenvalue weighted by molar-refractivity contribution is -0.140. The molecule has 0 spiro atoms. The standard InChI is InChI=1S/C39H44BrN3O5S/c1-3-48-35-22-20-34(21-23-35)43(49(46,47)36-24-18-32(40)19-25-36)28-38(44)42(27-31-16-14-29(2)15-17-31)37(26-30-10-6-4-7-11-30)39(45)41-33-12-8-5-9-13-33/h4,6-7,10-11,14-25,33,37H,3,5,8-9,12-13,26-28H2,1-2H3,(H,41,45)/t37-/m1/s1. The van der Waals surface area contributed by atoms with E-state index in [-0.39, 0.29) is 29.8 Å². The normalized spacial score (nSPS) is 14.1. The minimum atomic E-state index is -4.21. The molecule has 0 saturated heterocycles. The number of carbonyl (C=O) groups excluding carboxylic acids is 2. The molecule has 0 unspecified atom stereocenters. The number of nitrogens with one attached hydrogen (secondary N) is 1. The highest BCUT2D eigenvalue weighted by Gasteiger charge is 2.35. The third-order valence-corrected chi connectivity index (χ3v) is 11.1. The van der Waals surface area contributed by atoms with E-state index >= 15 is 0 Å². The Morgan fingerprint density at radius 1 is 0.857 bits per heavy atom. The number of amides is 2. The number of carbonyl (C=O) groups is 2. The Hall–Kier alpha value is -4.15. The number of aryl methyl sites for hydroxylation is 1. The first-order valence-corrected chi connectivity index (χ1v) is 19.1. The van der Waals surface area contributed by atoms with Crippen LogP contribution >= 0.6 is 15.9 Å². The van der Waals surface area contributed by atoms with Gasteiger partial charge in [0.25, 0.3) is 10.0 Å². The van der Waals surface area contributed by atoms with Crippen molar-refractivity contribution in [2.24, 2.45) is 0 Å². The Bertz CT molecular complexity index is 1780. The average molecular weight is 747 g/mol. The van der Waals surface area contributed by atoms with Crippen molar-refractivity contribution in [3.05, 3.63) is 124 Å². The lowest BCUT2D eigenvalue weighted by atomic mass is 9.94. The number of sulfonamides is 1. The first-order valence-electron chi connectivity index (χ1n) is 16.8. The van der Waals surface area contributed by atoms with E-state index < -0.39 is 28.5 Å². The Balaban J connectivity index is 1.56. The molecule has 10 heteroatoms. The summed E-state index contributed by atoms with van der Waals surface area (Å²) in [4.78, 5) is 30.6. The molecule has 2 amide bonds. The van der Waals surface area contributed by atoms with Gasteiger partial charge in [0.15, 0.2) is 0 Å². The molecular weight excluding hydrogens is 702 g/mol. The van der Waals surface area contributed by atoms with Crippen molar-refractivity contribution in [1.82, 2.24) is 10.2 Å². The van der Waals surface area contributed by atoms with Crippen LogP contribution in [0.25, 0.3) is 0 Å². The van der Waals surface area contributed by atoms with Crippen molar-refractivity contribution in [3.8, 4) is 5.75 Å². The van der Waals surface area contributed by atoms with Crippen molar-refractivity contribution >= 4 is 43.5 Å². The van der Waals surface area contributed by atoms with Crippen LogP contribution in [0.5, 0.6) is 5.75 Å². The highest BCUT2D eigenvalue weighted by molar-refractivity contribution is 9.10. The van der Waals surface area contributed by atoms with Crippen LogP contribution < -0.4 is 14.4 Å². The van der Waals surface area contributed by atoms with E-state index in [4.69, 9.17) is 4.74 Å². The van der Waals surface area contributed by atoms with Crippen LogP contribution in [0.4, 0.5) is 5.69 Å². The largest absolute Gasteiger partial charge is 0.494 e. The van der Waals surface area contributed by atoms with Gasteiger partial charge in [0.05, 0.1) is 17.2 Å². The molecule has 1 N–H and O–H groups in total. The van der Waals surface area contributed by atoms with Crippen LogP contribution in [-0.2, 0) is 32.6 Å². The van der Waals surface area contributed by atoms with E-state index in [0.29, 0.717) is 18.0 Å². The van der Waals surface area contributed by atoms with Crippen LogP contribution in [0.1, 0.15) is 55.7 Å². The lowest BCUT2D eigenvalue weighted by Crippen LogP contribution is -2.55. The molecule has 4 aromatic rings. The van der Waals surface area contributed by atoms with Crippen LogP contribution in [0.3, 0.4) is 0 Å². The summed E-state index contributed by atoms with van der Waals surface area (Å²) in [5.74, 6) is -0.142. The summed E-state index contributed by atoms with van der Waals surface area (Å²) >= 11 is 3.38. The summed E-state index contributed by atoms with van der Waals surface area (Å²) < 4.78 is 36.0. The maximum Gasteiger partial charge on any atom is 0.264 e. The minimum absolute atomic E-state index is 0.0361. The number of halogens is 1. The zero-order valence-corrected chi connectivity index (χ0v) is 30.5. The number of hydrogen-bond donors (Lipinski definition) is 1. The Labute approximate surface area is 298 Å². The number of ether oxygens (including phenoxy) is 1. The molecule has 5 rings (SSSR count). The predicted molar refractivity (Wildman–Crippen MR) is 197 cm³/mol. The first-order chi connectivity index (χ1) is 23.6. The molecule has 0 aromatic heterocycles. The van der Waals surface area contributed by atoms with Gasteiger partial charge in [-0.3, -0.25) is 13.9 Å². The summed E-state index contributed by atoms with van der Waals surface area (Å²) in [6.45, 7) is 3.93. The highest BCUT2D eigenvalue weighted by Crippen LogP contribution is 2.28. The van der Waals surface area contributed by atoms with Crippen LogP contribution in [-0.4, -0.2) is 50.4 Å². The maximum atomic E-state index is 14.7. The molecule has 0 heterocycles. The fourth-order valence-corrected chi connectivity index (χ4v) is 7.80. The lowest BCUT2D eigenvalue weighted by Gasteiger charge is -2.35. The van der Waals surface area contributed by atoms with E-state index in [2.05, 4.69) is 21.2 Å². The van der Waals surface area contributed by atoms with Crippen molar-refractivity contribution in [2.45, 2.75) is 75.9 Å². The van der Waals surface area contributed by atoms with Crippen LogP contribution in [0, 0.1) is 6.92 Å². The third kappa shape index (κ3) is 9.73. The number of nitrogens with zero attached hydrogens (tertiary/aromatic N) is 2. The summed E-state index contributed by atoms with van der Waals surface area (Å²) in [5, 5.41) is 3.25. The van der Waals surface area contributed by atoms with Gasteiger partial charge in [0.2, 0.25) is 11.8 Å². The van der Waals surface area contributed by atoms with E-state index in [1.807, 2.05) is 68.4 Å². The van der Waals surface area contributed by atoms with Gasteiger partial charge in [0.1, 0.15) is 18.3 Å². The van der Waals surface area contributed by atoms with Gasteiger partial charge in [-0.1, -0.05) is 95.4 Å². The Kier molecular flexibility index (Phi) is 12.5. The smallest absolute Gasteiger partial charge is 0.264 e. The molecule has 0 aliphatic heterocycles. The minimum Gasteiger partial charge on any atom is -0.494 e. The molecule has 1 fully saturated rings. The second-order valence-corrected chi connectivity index (χ2v) is 15.2. The van der Waals surface area contributed by atoms with Crippen molar-refractivity contribution in [1.29, 1.82) is 0 Å². The van der Waals surface area contributed by atoms with Crippen molar-refractivity contribution < 1.29 is 22.7 Å². The monoisotopic (exact) mass is 745 g/mol. The number of benzene rings is 4. The van der Waals surface area contributed by atoms with Crippen LogP contribution in [0.15, 0.2) is 112 Å². The molecule has 1 aliphatic rings. The second-order valence-electron chi connectivity index (χ2n) is 12.4. The number of hydrogen-bond acceptors (Lipinski definition) is 5. The summed E-state index contributed by atoms with van der Waals surface area (Å²) in [6, 6.07) is 29.6. The highest BCUT2D eigenvalue weighted by atomic mass is 79.9. The zero-order chi connectivity index (χ0) is 34.8. The quantitative estimate of drug-likeness (QED) is 0.145. The topological polar surface area (TPSA) is 96.0 Å². The van der Waals surface area contributed by atoms with Gasteiger partial charge in [-0.25, -0.2) is 8.42 Å². The predicted octanol–water partition coefficient (Wildman–Crippen LogP) is 7.44. The summed E-state index contributed by atoms with van der Waals surface area (Å²) in [5.41, 5.74) is 3.12. The van der Waals surface area contributed by atoms with Crippen LogP contribution in [0.2, 0.25) is 0 Å².